The van der Waals surface area contributed by atoms with Crippen LogP contribution in [0.25, 0.3) is 0 Å². The van der Waals surface area contributed by atoms with Crippen LogP contribution >= 0.6 is 0 Å². The molecule has 1 N–H and O–H groups in total. The lowest BCUT2D eigenvalue weighted by Gasteiger charge is -2.21. The van der Waals surface area contributed by atoms with Gasteiger partial charge in [0, 0.05) is 19.5 Å². The molecule has 6 heteroatoms. The van der Waals surface area contributed by atoms with E-state index in [1.807, 2.05) is 39.9 Å². The summed E-state index contributed by atoms with van der Waals surface area (Å²) in [5.74, 6) is -0.335. The van der Waals surface area contributed by atoms with Crippen molar-refractivity contribution in [2.45, 2.75) is 26.2 Å². The van der Waals surface area contributed by atoms with Gasteiger partial charge in [-0.3, -0.25) is 0 Å². The molecular formula is C14H24N4O2. The van der Waals surface area contributed by atoms with Crippen molar-refractivity contribution in [3.8, 4) is 0 Å². The summed E-state index contributed by atoms with van der Waals surface area (Å²) in [6, 6.07) is 0. The largest absolute Gasteiger partial charge is 0.476 e. The topological polar surface area (TPSA) is 69.6 Å². The number of aromatic nitrogens is 2. The van der Waals surface area contributed by atoms with E-state index in [2.05, 4.69) is 14.9 Å². The summed E-state index contributed by atoms with van der Waals surface area (Å²) < 4.78 is 0. The Labute approximate surface area is 120 Å². The predicted octanol–water partition coefficient (Wildman–Crippen LogP) is 1.69. The van der Waals surface area contributed by atoms with Gasteiger partial charge < -0.3 is 14.9 Å². The van der Waals surface area contributed by atoms with E-state index in [-0.39, 0.29) is 11.6 Å². The molecule has 20 heavy (non-hydrogen) atoms. The molecule has 0 aliphatic rings. The molecule has 0 unspecified atom stereocenters. The maximum Gasteiger partial charge on any atom is 0.356 e. The quantitative estimate of drug-likeness (QED) is 0.819. The van der Waals surface area contributed by atoms with Crippen molar-refractivity contribution in [1.29, 1.82) is 0 Å². The number of aromatic carboxylic acids is 1. The molecule has 1 heterocycles. The summed E-state index contributed by atoms with van der Waals surface area (Å²) in [7, 11) is 5.91. The third-order valence-electron chi connectivity index (χ3n) is 3.02. The molecule has 0 bridgehead atoms. The second-order valence-electron chi connectivity index (χ2n) is 5.50. The normalized spacial score (nSPS) is 11.2. The highest BCUT2D eigenvalue weighted by Gasteiger charge is 2.18. The zero-order valence-electron chi connectivity index (χ0n) is 12.9. The third kappa shape index (κ3) is 4.45. The van der Waals surface area contributed by atoms with Gasteiger partial charge in [0.2, 0.25) is 0 Å². The van der Waals surface area contributed by atoms with Crippen molar-refractivity contribution in [2.24, 2.45) is 0 Å². The Balaban J connectivity index is 2.90. The van der Waals surface area contributed by atoms with Crippen molar-refractivity contribution in [3.63, 3.8) is 0 Å². The van der Waals surface area contributed by atoms with Crippen LogP contribution in [0.5, 0.6) is 0 Å². The molecule has 0 spiro atoms. The van der Waals surface area contributed by atoms with Crippen LogP contribution in [0, 0.1) is 0 Å². The summed E-state index contributed by atoms with van der Waals surface area (Å²) in [6.45, 7) is 5.61. The van der Waals surface area contributed by atoms with Gasteiger partial charge in [-0.25, -0.2) is 14.8 Å². The second-order valence-corrected chi connectivity index (χ2v) is 5.50. The number of hydrogen-bond acceptors (Lipinski definition) is 5. The minimum absolute atomic E-state index is 0.0797. The van der Waals surface area contributed by atoms with Gasteiger partial charge in [-0.1, -0.05) is 13.8 Å². The molecule has 0 fully saturated rings. The Kier molecular flexibility index (Phi) is 5.88. The first-order chi connectivity index (χ1) is 9.32. The van der Waals surface area contributed by atoms with E-state index < -0.39 is 5.97 Å². The fourth-order valence-corrected chi connectivity index (χ4v) is 1.85. The number of anilines is 1. The van der Waals surface area contributed by atoms with Crippen LogP contribution < -0.4 is 4.90 Å². The number of carboxylic acid groups (broad SMARTS) is 1. The zero-order valence-corrected chi connectivity index (χ0v) is 12.9. The van der Waals surface area contributed by atoms with Crippen molar-refractivity contribution < 1.29 is 9.90 Å². The molecule has 0 aliphatic heterocycles. The Bertz CT molecular complexity index is 460. The van der Waals surface area contributed by atoms with Gasteiger partial charge in [0.05, 0.1) is 11.9 Å². The van der Waals surface area contributed by atoms with Crippen LogP contribution in [0.3, 0.4) is 0 Å². The molecule has 0 amide bonds. The van der Waals surface area contributed by atoms with E-state index in [4.69, 9.17) is 0 Å². The van der Waals surface area contributed by atoms with Gasteiger partial charge in [0.1, 0.15) is 5.82 Å². The molecule has 0 saturated carbocycles. The molecule has 112 valence electrons. The lowest BCUT2D eigenvalue weighted by atomic mass is 10.2. The number of hydrogen-bond donors (Lipinski definition) is 1. The maximum absolute atomic E-state index is 11.4. The predicted molar refractivity (Wildman–Crippen MR) is 79.5 cm³/mol. The van der Waals surface area contributed by atoms with Gasteiger partial charge in [0.15, 0.2) is 5.69 Å². The minimum atomic E-state index is -1.01. The van der Waals surface area contributed by atoms with E-state index in [1.165, 1.54) is 0 Å². The van der Waals surface area contributed by atoms with Crippen LogP contribution in [0.2, 0.25) is 0 Å². The molecular weight excluding hydrogens is 256 g/mol. The van der Waals surface area contributed by atoms with Gasteiger partial charge >= 0.3 is 5.97 Å². The average molecular weight is 280 g/mol. The standard InChI is InChI=1S/C14H24N4O2/c1-10(2)13-15-9-11(12(16-13)14(19)20)18(5)8-6-7-17(3)4/h9-10H,6-8H2,1-5H3,(H,19,20). The SMILES string of the molecule is CC(C)c1ncc(N(C)CCCN(C)C)c(C(=O)O)n1. The molecule has 1 rings (SSSR count). The molecule has 6 nitrogen and oxygen atoms in total. The van der Waals surface area contributed by atoms with Crippen LogP contribution in [0.1, 0.15) is 42.5 Å². The minimum Gasteiger partial charge on any atom is -0.476 e. The van der Waals surface area contributed by atoms with E-state index in [0.29, 0.717) is 11.5 Å². The van der Waals surface area contributed by atoms with Crippen molar-refractivity contribution in [2.75, 3.05) is 39.1 Å². The Hall–Kier alpha value is -1.69. The second kappa shape index (κ2) is 7.19. The smallest absolute Gasteiger partial charge is 0.356 e. The number of carboxylic acids is 1. The zero-order chi connectivity index (χ0) is 15.3. The summed E-state index contributed by atoms with van der Waals surface area (Å²) in [5, 5.41) is 9.31. The van der Waals surface area contributed by atoms with Crippen LogP contribution in [-0.4, -0.2) is 60.2 Å². The third-order valence-corrected chi connectivity index (χ3v) is 3.02. The summed E-state index contributed by atoms with van der Waals surface area (Å²) in [5.41, 5.74) is 0.650. The highest BCUT2D eigenvalue weighted by molar-refractivity contribution is 5.91. The van der Waals surface area contributed by atoms with Crippen LogP contribution in [0.4, 0.5) is 5.69 Å². The number of carbonyl (C=O) groups is 1. The first-order valence-electron chi connectivity index (χ1n) is 6.79. The van der Waals surface area contributed by atoms with E-state index >= 15 is 0 Å². The lowest BCUT2D eigenvalue weighted by Crippen LogP contribution is -2.26. The average Bonchev–Trinajstić information content (AvgIpc) is 2.37. The van der Waals surface area contributed by atoms with Gasteiger partial charge in [-0.2, -0.15) is 0 Å². The molecule has 1 aromatic rings. The molecule has 1 aromatic heterocycles. The monoisotopic (exact) mass is 280 g/mol. The molecule has 0 aliphatic carbocycles. The van der Waals surface area contributed by atoms with Crippen LogP contribution in [-0.2, 0) is 0 Å². The molecule has 0 radical (unpaired) electrons. The highest BCUT2D eigenvalue weighted by Crippen LogP contribution is 2.19. The van der Waals surface area contributed by atoms with Gasteiger partial charge in [0.25, 0.3) is 0 Å². The van der Waals surface area contributed by atoms with Gasteiger partial charge in [-0.15, -0.1) is 0 Å². The molecule has 0 saturated heterocycles. The fraction of sp³-hybridized carbons (Fsp3) is 0.643. The number of rotatable bonds is 7. The van der Waals surface area contributed by atoms with Crippen LogP contribution in [0.15, 0.2) is 6.20 Å². The van der Waals surface area contributed by atoms with E-state index in [1.54, 1.807) is 6.20 Å². The summed E-state index contributed by atoms with van der Waals surface area (Å²) in [6.07, 6.45) is 2.57. The summed E-state index contributed by atoms with van der Waals surface area (Å²) >= 11 is 0. The Morgan fingerprint density at radius 1 is 1.30 bits per heavy atom. The van der Waals surface area contributed by atoms with Crippen molar-refractivity contribution in [1.82, 2.24) is 14.9 Å². The Morgan fingerprint density at radius 2 is 1.95 bits per heavy atom. The van der Waals surface area contributed by atoms with Crippen molar-refractivity contribution >= 4 is 11.7 Å². The summed E-state index contributed by atoms with van der Waals surface area (Å²) in [4.78, 5) is 23.8. The number of nitrogens with zero attached hydrogens (tertiary/aromatic N) is 4. The molecule has 0 aromatic carbocycles. The Morgan fingerprint density at radius 3 is 2.45 bits per heavy atom. The first kappa shape index (κ1) is 16.4. The maximum atomic E-state index is 11.4. The highest BCUT2D eigenvalue weighted by atomic mass is 16.4. The molecule has 0 atom stereocenters. The fourth-order valence-electron chi connectivity index (χ4n) is 1.85. The van der Waals surface area contributed by atoms with E-state index in [0.717, 1.165) is 19.5 Å². The first-order valence-corrected chi connectivity index (χ1v) is 6.79. The van der Waals surface area contributed by atoms with E-state index in [9.17, 15) is 9.90 Å². The lowest BCUT2D eigenvalue weighted by molar-refractivity contribution is 0.0690. The van der Waals surface area contributed by atoms with Crippen molar-refractivity contribution in [3.05, 3.63) is 17.7 Å². The van der Waals surface area contributed by atoms with Gasteiger partial charge in [-0.05, 0) is 27.1 Å².